The molecule has 214 valence electrons. The molecule has 36 heavy (non-hydrogen) atoms. The van der Waals surface area contributed by atoms with Gasteiger partial charge in [-0.05, 0) is 64.2 Å². The molecule has 0 aliphatic heterocycles. The van der Waals surface area contributed by atoms with Gasteiger partial charge in [-0.3, -0.25) is 9.59 Å². The molecular formula is C32H62O4. The smallest absolute Gasteiger partial charge is 0.306 e. The summed E-state index contributed by atoms with van der Waals surface area (Å²) in [6.45, 7) is 13.1. The van der Waals surface area contributed by atoms with Crippen LogP contribution in [-0.4, -0.2) is 24.1 Å². The number of unbranched alkanes of at least 4 members (excludes halogenated alkanes) is 11. The normalized spacial score (nSPS) is 13.2. The van der Waals surface area contributed by atoms with E-state index >= 15 is 0 Å². The van der Waals surface area contributed by atoms with Gasteiger partial charge >= 0.3 is 11.9 Å². The summed E-state index contributed by atoms with van der Waals surface area (Å²) in [5, 5.41) is 0. The fourth-order valence-electron chi connectivity index (χ4n) is 4.61. The molecule has 2 unspecified atom stereocenters. The molecule has 0 N–H and O–H groups in total. The first-order valence-corrected chi connectivity index (χ1v) is 15.6. The molecule has 0 aromatic heterocycles. The Kier molecular flexibility index (Phi) is 23.6. The minimum Gasteiger partial charge on any atom is -0.463 e. The summed E-state index contributed by atoms with van der Waals surface area (Å²) in [4.78, 5) is 24.1. The summed E-state index contributed by atoms with van der Waals surface area (Å²) in [6, 6.07) is 0. The third-order valence-corrected chi connectivity index (χ3v) is 6.96. The van der Waals surface area contributed by atoms with Gasteiger partial charge in [0.05, 0.1) is 12.2 Å². The Hall–Kier alpha value is -1.06. The summed E-state index contributed by atoms with van der Waals surface area (Å²) in [7, 11) is 0. The van der Waals surface area contributed by atoms with E-state index in [0.29, 0.717) is 25.7 Å². The predicted octanol–water partition coefficient (Wildman–Crippen LogP) is 9.96. The van der Waals surface area contributed by atoms with Gasteiger partial charge in [0.15, 0.2) is 0 Å². The van der Waals surface area contributed by atoms with Crippen molar-refractivity contribution in [3.05, 3.63) is 0 Å². The second-order valence-electron chi connectivity index (χ2n) is 12.0. The average molecular weight is 511 g/mol. The predicted molar refractivity (Wildman–Crippen MR) is 153 cm³/mol. The zero-order chi connectivity index (χ0) is 27.0. The fourth-order valence-corrected chi connectivity index (χ4v) is 4.61. The van der Waals surface area contributed by atoms with Crippen molar-refractivity contribution in [2.45, 2.75) is 182 Å². The molecule has 0 aliphatic carbocycles. The second-order valence-corrected chi connectivity index (χ2v) is 12.0. The molecular weight excluding hydrogens is 448 g/mol. The standard InChI is InChI=1S/C32H62O4/c1-27(2)21-15-11-7-9-13-17-23-29(5)35-31(33)25-19-20-26-32(34)36-30(6)24-18-14-10-8-12-16-22-28(3)4/h27-30H,7-26H2,1-6H3. The molecule has 0 amide bonds. The SMILES string of the molecule is CC(C)CCCCCCCCC(C)OC(=O)CCCCC(=O)OC(C)CCCCCCCCC(C)C. The lowest BCUT2D eigenvalue weighted by molar-refractivity contribution is -0.151. The Morgan fingerprint density at radius 3 is 1.00 bits per heavy atom. The van der Waals surface area contributed by atoms with Gasteiger partial charge < -0.3 is 9.47 Å². The van der Waals surface area contributed by atoms with E-state index in [9.17, 15) is 9.59 Å². The highest BCUT2D eigenvalue weighted by Gasteiger charge is 2.12. The first-order valence-electron chi connectivity index (χ1n) is 15.6. The van der Waals surface area contributed by atoms with E-state index in [1.165, 1.54) is 77.0 Å². The minimum atomic E-state index is -0.137. The lowest BCUT2D eigenvalue weighted by atomic mass is 10.0. The molecule has 0 saturated heterocycles. The molecule has 0 aromatic rings. The first kappa shape index (κ1) is 34.9. The van der Waals surface area contributed by atoms with Crippen LogP contribution in [0.3, 0.4) is 0 Å². The minimum absolute atomic E-state index is 0.00991. The van der Waals surface area contributed by atoms with Gasteiger partial charge in [0.2, 0.25) is 0 Å². The summed E-state index contributed by atoms with van der Waals surface area (Å²) in [5.41, 5.74) is 0. The van der Waals surface area contributed by atoms with Crippen LogP contribution in [0.1, 0.15) is 170 Å². The van der Waals surface area contributed by atoms with Crippen LogP contribution in [0.5, 0.6) is 0 Å². The van der Waals surface area contributed by atoms with Crippen molar-refractivity contribution in [1.82, 2.24) is 0 Å². The summed E-state index contributed by atoms with van der Waals surface area (Å²) in [5.74, 6) is 1.36. The van der Waals surface area contributed by atoms with E-state index < -0.39 is 0 Å². The van der Waals surface area contributed by atoms with Crippen LogP contribution in [0, 0.1) is 11.8 Å². The van der Waals surface area contributed by atoms with Gasteiger partial charge in [0, 0.05) is 12.8 Å². The van der Waals surface area contributed by atoms with Crippen molar-refractivity contribution in [3.63, 3.8) is 0 Å². The number of esters is 2. The van der Waals surface area contributed by atoms with E-state index in [-0.39, 0.29) is 24.1 Å². The molecule has 0 spiro atoms. The van der Waals surface area contributed by atoms with Gasteiger partial charge in [-0.2, -0.15) is 0 Å². The quantitative estimate of drug-likeness (QED) is 0.0905. The molecule has 0 radical (unpaired) electrons. The Bertz CT molecular complexity index is 468. The van der Waals surface area contributed by atoms with Gasteiger partial charge in [-0.1, -0.05) is 105 Å². The van der Waals surface area contributed by atoms with Crippen LogP contribution in [0.4, 0.5) is 0 Å². The topological polar surface area (TPSA) is 52.6 Å². The lowest BCUT2D eigenvalue weighted by Crippen LogP contribution is -2.16. The van der Waals surface area contributed by atoms with Gasteiger partial charge in [0.25, 0.3) is 0 Å². The molecule has 0 bridgehead atoms. The third-order valence-electron chi connectivity index (χ3n) is 6.96. The van der Waals surface area contributed by atoms with E-state index in [1.807, 2.05) is 13.8 Å². The van der Waals surface area contributed by atoms with Crippen molar-refractivity contribution in [1.29, 1.82) is 0 Å². The van der Waals surface area contributed by atoms with Crippen molar-refractivity contribution in [2.75, 3.05) is 0 Å². The van der Waals surface area contributed by atoms with E-state index in [0.717, 1.165) is 37.5 Å². The fraction of sp³-hybridized carbons (Fsp3) is 0.938. The highest BCUT2D eigenvalue weighted by atomic mass is 16.5. The number of hydrogen-bond acceptors (Lipinski definition) is 4. The van der Waals surface area contributed by atoms with Crippen LogP contribution in [0.25, 0.3) is 0 Å². The number of ether oxygens (including phenoxy) is 2. The van der Waals surface area contributed by atoms with E-state index in [4.69, 9.17) is 9.47 Å². The molecule has 0 fully saturated rings. The number of hydrogen-bond donors (Lipinski definition) is 0. The molecule has 4 nitrogen and oxygen atoms in total. The first-order chi connectivity index (χ1) is 17.2. The zero-order valence-corrected chi connectivity index (χ0v) is 25.1. The summed E-state index contributed by atoms with van der Waals surface area (Å²) in [6.07, 6.45) is 22.0. The van der Waals surface area contributed by atoms with Crippen molar-refractivity contribution >= 4 is 11.9 Å². The van der Waals surface area contributed by atoms with Crippen LogP contribution in [0.15, 0.2) is 0 Å². The van der Waals surface area contributed by atoms with Crippen LogP contribution < -0.4 is 0 Å². The highest BCUT2D eigenvalue weighted by Crippen LogP contribution is 2.15. The Morgan fingerprint density at radius 2 is 0.694 bits per heavy atom. The third kappa shape index (κ3) is 26.0. The van der Waals surface area contributed by atoms with Crippen molar-refractivity contribution in [3.8, 4) is 0 Å². The molecule has 2 atom stereocenters. The number of rotatable bonds is 25. The van der Waals surface area contributed by atoms with E-state index in [1.54, 1.807) is 0 Å². The Labute approximate surface area is 225 Å². The second kappa shape index (κ2) is 24.3. The molecule has 0 aliphatic rings. The molecule has 4 heteroatoms. The molecule has 0 heterocycles. The summed E-state index contributed by atoms with van der Waals surface area (Å²) < 4.78 is 11.1. The van der Waals surface area contributed by atoms with Gasteiger partial charge in [0.1, 0.15) is 0 Å². The highest BCUT2D eigenvalue weighted by molar-refractivity contribution is 5.70. The van der Waals surface area contributed by atoms with Gasteiger partial charge in [-0.25, -0.2) is 0 Å². The number of carbonyl (C=O) groups excluding carboxylic acids is 2. The van der Waals surface area contributed by atoms with Gasteiger partial charge in [-0.15, -0.1) is 0 Å². The Morgan fingerprint density at radius 1 is 0.417 bits per heavy atom. The maximum atomic E-state index is 12.1. The monoisotopic (exact) mass is 510 g/mol. The van der Waals surface area contributed by atoms with Crippen LogP contribution in [-0.2, 0) is 19.1 Å². The largest absolute Gasteiger partial charge is 0.463 e. The molecule has 0 rings (SSSR count). The molecule has 0 aromatic carbocycles. The summed E-state index contributed by atoms with van der Waals surface area (Å²) >= 11 is 0. The Balaban J connectivity index is 3.57. The lowest BCUT2D eigenvalue weighted by Gasteiger charge is -2.14. The molecule has 0 saturated carbocycles. The van der Waals surface area contributed by atoms with E-state index in [2.05, 4.69) is 27.7 Å². The number of carbonyl (C=O) groups is 2. The van der Waals surface area contributed by atoms with Crippen molar-refractivity contribution in [2.24, 2.45) is 11.8 Å². The van der Waals surface area contributed by atoms with Crippen LogP contribution in [0.2, 0.25) is 0 Å². The van der Waals surface area contributed by atoms with Crippen molar-refractivity contribution < 1.29 is 19.1 Å². The zero-order valence-electron chi connectivity index (χ0n) is 25.1. The average Bonchev–Trinajstić information content (AvgIpc) is 2.79. The maximum absolute atomic E-state index is 12.1. The maximum Gasteiger partial charge on any atom is 0.306 e. The van der Waals surface area contributed by atoms with Crippen LogP contribution >= 0.6 is 0 Å².